The Morgan fingerprint density at radius 2 is 1.83 bits per heavy atom. The Kier molecular flexibility index (Phi) is 1.77. The van der Waals surface area contributed by atoms with Gasteiger partial charge in [0.2, 0.25) is 0 Å². The van der Waals surface area contributed by atoms with Crippen LogP contribution in [0.4, 0.5) is 0 Å². The molecule has 0 fully saturated rings. The molecule has 0 unspecified atom stereocenters. The van der Waals surface area contributed by atoms with E-state index in [1.54, 1.807) is 11.3 Å². The van der Waals surface area contributed by atoms with Crippen molar-refractivity contribution in [1.29, 1.82) is 0 Å². The van der Waals surface area contributed by atoms with Crippen LogP contribution in [-0.2, 0) is 0 Å². The van der Waals surface area contributed by atoms with Crippen LogP contribution in [-0.4, -0.2) is 4.57 Å². The summed E-state index contributed by atoms with van der Waals surface area (Å²) in [7, 11) is 0. The van der Waals surface area contributed by atoms with Crippen molar-refractivity contribution in [2.24, 2.45) is 0 Å². The zero-order chi connectivity index (χ0) is 8.55. The first-order valence-electron chi connectivity index (χ1n) is 3.89. The SMILES string of the molecule is Cc1ccc(C)n1-c1[c]scc1. The molecule has 12 heavy (non-hydrogen) atoms. The van der Waals surface area contributed by atoms with Crippen LogP contribution in [0.25, 0.3) is 5.69 Å². The van der Waals surface area contributed by atoms with Gasteiger partial charge in [0.15, 0.2) is 0 Å². The van der Waals surface area contributed by atoms with E-state index >= 15 is 0 Å². The molecule has 0 aromatic carbocycles. The van der Waals surface area contributed by atoms with Crippen LogP contribution in [0, 0.1) is 19.2 Å². The van der Waals surface area contributed by atoms with Gasteiger partial charge in [-0.05, 0) is 37.4 Å². The van der Waals surface area contributed by atoms with Crippen LogP contribution in [0.15, 0.2) is 23.6 Å². The van der Waals surface area contributed by atoms with Crippen LogP contribution < -0.4 is 0 Å². The van der Waals surface area contributed by atoms with Crippen molar-refractivity contribution in [2.75, 3.05) is 0 Å². The summed E-state index contributed by atoms with van der Waals surface area (Å²) in [5.41, 5.74) is 3.68. The third kappa shape index (κ3) is 1.08. The number of nitrogens with zero attached hydrogens (tertiary/aromatic N) is 1. The molecule has 0 aliphatic rings. The van der Waals surface area contributed by atoms with E-state index < -0.39 is 0 Å². The Morgan fingerprint density at radius 3 is 2.33 bits per heavy atom. The molecule has 0 N–H and O–H groups in total. The quantitative estimate of drug-likeness (QED) is 0.629. The van der Waals surface area contributed by atoms with Crippen LogP contribution in [0.3, 0.4) is 0 Å². The third-order valence-corrected chi connectivity index (χ3v) is 2.57. The molecule has 2 aromatic heterocycles. The van der Waals surface area contributed by atoms with Crippen molar-refractivity contribution in [1.82, 2.24) is 4.57 Å². The topological polar surface area (TPSA) is 4.93 Å². The zero-order valence-electron chi connectivity index (χ0n) is 7.16. The number of aryl methyl sites for hydroxylation is 2. The van der Waals surface area contributed by atoms with Crippen molar-refractivity contribution >= 4 is 11.3 Å². The predicted octanol–water partition coefficient (Wildman–Crippen LogP) is 2.96. The summed E-state index contributed by atoms with van der Waals surface area (Å²) >= 11 is 1.61. The van der Waals surface area contributed by atoms with Crippen molar-refractivity contribution in [3.8, 4) is 5.69 Å². The maximum Gasteiger partial charge on any atom is 0.0704 e. The first-order valence-corrected chi connectivity index (χ1v) is 4.77. The fourth-order valence-electron chi connectivity index (χ4n) is 1.40. The van der Waals surface area contributed by atoms with Crippen molar-refractivity contribution < 1.29 is 0 Å². The Hall–Kier alpha value is -1.02. The fourth-order valence-corrected chi connectivity index (χ4v) is 1.94. The highest BCUT2D eigenvalue weighted by molar-refractivity contribution is 7.07. The second kappa shape index (κ2) is 2.79. The number of aromatic nitrogens is 1. The lowest BCUT2D eigenvalue weighted by Gasteiger charge is -2.04. The first kappa shape index (κ1) is 7.62. The second-order valence-corrected chi connectivity index (χ2v) is 3.57. The smallest absolute Gasteiger partial charge is 0.0704 e. The molecule has 2 heterocycles. The molecule has 0 atom stereocenters. The second-order valence-electron chi connectivity index (χ2n) is 2.86. The van der Waals surface area contributed by atoms with E-state index in [0.717, 1.165) is 5.69 Å². The minimum atomic E-state index is 1.15. The average Bonchev–Trinajstić information content (AvgIpc) is 2.61. The number of hydrogen-bond acceptors (Lipinski definition) is 1. The Bertz CT molecular complexity index is 351. The summed E-state index contributed by atoms with van der Waals surface area (Å²) < 4.78 is 2.20. The summed E-state index contributed by atoms with van der Waals surface area (Å²) in [6.45, 7) is 4.22. The maximum atomic E-state index is 3.23. The summed E-state index contributed by atoms with van der Waals surface area (Å²) in [6.07, 6.45) is 0. The highest BCUT2D eigenvalue weighted by Gasteiger charge is 2.02. The van der Waals surface area contributed by atoms with E-state index in [1.165, 1.54) is 11.4 Å². The maximum absolute atomic E-state index is 3.23. The molecular weight excluding hydrogens is 166 g/mol. The van der Waals surface area contributed by atoms with Gasteiger partial charge in [0.25, 0.3) is 0 Å². The van der Waals surface area contributed by atoms with Crippen molar-refractivity contribution in [2.45, 2.75) is 13.8 Å². The highest BCUT2D eigenvalue weighted by atomic mass is 32.1. The molecule has 0 spiro atoms. The van der Waals surface area contributed by atoms with Gasteiger partial charge in [-0.1, -0.05) is 0 Å². The van der Waals surface area contributed by atoms with Gasteiger partial charge in [-0.25, -0.2) is 0 Å². The molecule has 2 heteroatoms. The van der Waals surface area contributed by atoms with Crippen LogP contribution in [0.5, 0.6) is 0 Å². The van der Waals surface area contributed by atoms with Gasteiger partial charge in [-0.3, -0.25) is 0 Å². The summed E-state index contributed by atoms with van der Waals surface area (Å²) in [5.74, 6) is 0. The Morgan fingerprint density at radius 1 is 1.17 bits per heavy atom. The molecule has 1 radical (unpaired) electrons. The largest absolute Gasteiger partial charge is 0.317 e. The van der Waals surface area contributed by atoms with E-state index in [9.17, 15) is 0 Å². The van der Waals surface area contributed by atoms with Gasteiger partial charge >= 0.3 is 0 Å². The molecule has 0 aliphatic heterocycles. The number of thiophene rings is 1. The van der Waals surface area contributed by atoms with Gasteiger partial charge in [0, 0.05) is 11.4 Å². The van der Waals surface area contributed by atoms with Crippen LogP contribution in [0.2, 0.25) is 0 Å². The first-order chi connectivity index (χ1) is 5.79. The summed E-state index contributed by atoms with van der Waals surface area (Å²) in [4.78, 5) is 0. The Labute approximate surface area is 76.3 Å². The van der Waals surface area contributed by atoms with Gasteiger partial charge in [-0.15, -0.1) is 11.3 Å². The van der Waals surface area contributed by atoms with E-state index in [4.69, 9.17) is 0 Å². The lowest BCUT2D eigenvalue weighted by Crippen LogP contribution is -1.95. The van der Waals surface area contributed by atoms with Gasteiger partial charge in [0.05, 0.1) is 11.1 Å². The number of hydrogen-bond donors (Lipinski definition) is 0. The molecule has 0 saturated carbocycles. The normalized spacial score (nSPS) is 10.5. The molecule has 1 nitrogen and oxygen atoms in total. The molecular formula is C10H10NS. The fraction of sp³-hybridized carbons (Fsp3) is 0.200. The third-order valence-electron chi connectivity index (χ3n) is 1.97. The van der Waals surface area contributed by atoms with E-state index in [-0.39, 0.29) is 0 Å². The van der Waals surface area contributed by atoms with E-state index in [1.807, 2.05) is 5.38 Å². The minimum Gasteiger partial charge on any atom is -0.317 e. The molecule has 0 bridgehead atoms. The standard InChI is InChI=1S/C10H10NS/c1-8-3-4-9(2)11(8)10-5-6-12-7-10/h3-6H,1-2H3. The van der Waals surface area contributed by atoms with Crippen molar-refractivity contribution in [3.05, 3.63) is 40.3 Å². The van der Waals surface area contributed by atoms with Crippen LogP contribution in [0.1, 0.15) is 11.4 Å². The van der Waals surface area contributed by atoms with Gasteiger partial charge < -0.3 is 4.57 Å². The molecule has 2 aromatic rings. The van der Waals surface area contributed by atoms with E-state index in [0.29, 0.717) is 0 Å². The predicted molar refractivity (Wildman–Crippen MR) is 52.0 cm³/mol. The molecule has 61 valence electrons. The average molecular weight is 176 g/mol. The van der Waals surface area contributed by atoms with Crippen LogP contribution >= 0.6 is 11.3 Å². The van der Waals surface area contributed by atoms with Crippen molar-refractivity contribution in [3.63, 3.8) is 0 Å². The lowest BCUT2D eigenvalue weighted by molar-refractivity contribution is 0.970. The van der Waals surface area contributed by atoms with Gasteiger partial charge in [0.1, 0.15) is 0 Å². The molecule has 2 rings (SSSR count). The Balaban J connectivity index is 2.60. The molecule has 0 aliphatic carbocycles. The number of rotatable bonds is 1. The highest BCUT2D eigenvalue weighted by Crippen LogP contribution is 2.17. The summed E-state index contributed by atoms with van der Waals surface area (Å²) in [5, 5.41) is 5.28. The molecule has 0 saturated heterocycles. The van der Waals surface area contributed by atoms with Gasteiger partial charge in [-0.2, -0.15) is 0 Å². The van der Waals surface area contributed by atoms with E-state index in [2.05, 4.69) is 42.0 Å². The monoisotopic (exact) mass is 176 g/mol. The lowest BCUT2D eigenvalue weighted by atomic mass is 10.4. The molecule has 0 amide bonds. The summed E-state index contributed by atoms with van der Waals surface area (Å²) in [6, 6.07) is 6.34. The minimum absolute atomic E-state index is 1.15. The zero-order valence-corrected chi connectivity index (χ0v) is 7.98.